The number of rotatable bonds is 10. The predicted molar refractivity (Wildman–Crippen MR) is 209 cm³/mol. The number of halogens is 2. The van der Waals surface area contributed by atoms with Crippen LogP contribution in [0.5, 0.6) is 5.75 Å². The molecule has 2 fully saturated rings. The third kappa shape index (κ3) is 7.56. The summed E-state index contributed by atoms with van der Waals surface area (Å²) >= 11 is 14.3. The van der Waals surface area contributed by atoms with Crippen molar-refractivity contribution >= 4 is 40.1 Å². The number of fused-ring (bicyclic) bond motifs is 1. The Balaban J connectivity index is 1.12. The Bertz CT molecular complexity index is 2070. The molecule has 0 spiro atoms. The van der Waals surface area contributed by atoms with Crippen molar-refractivity contribution in [2.75, 3.05) is 40.5 Å². The normalized spacial score (nSPS) is 15.9. The number of aryl methyl sites for hydroxylation is 1. The number of nitrogens with zero attached hydrogens (tertiary/aromatic N) is 5. The minimum absolute atomic E-state index is 0.160. The lowest BCUT2D eigenvalue weighted by atomic mass is 9.99. The SMILES string of the molecule is COc1cc(-c2nccc(-c3cccc(-c4ccc5c(CN(C)C6CCN(C(C)=O)CC6)cn(C)c5n4)c3Cl)c2Cl)ccc1CNC1CCOCC1. The van der Waals surface area contributed by atoms with Crippen LogP contribution < -0.4 is 10.1 Å². The Morgan fingerprint density at radius 1 is 0.981 bits per heavy atom. The van der Waals surface area contributed by atoms with E-state index in [1.54, 1.807) is 20.2 Å². The topological polar surface area (TPSA) is 84.8 Å². The van der Waals surface area contributed by atoms with Crippen LogP contribution in [0, 0.1) is 0 Å². The fourth-order valence-electron chi connectivity index (χ4n) is 7.61. The third-order valence-corrected chi connectivity index (χ3v) is 11.5. The van der Waals surface area contributed by atoms with Gasteiger partial charge in [0.1, 0.15) is 11.4 Å². The van der Waals surface area contributed by atoms with E-state index in [-0.39, 0.29) is 5.91 Å². The zero-order chi connectivity index (χ0) is 36.4. The molecule has 5 aromatic rings. The number of piperidine rings is 1. The summed E-state index contributed by atoms with van der Waals surface area (Å²) in [7, 11) is 5.90. The molecule has 0 atom stereocenters. The van der Waals surface area contributed by atoms with Gasteiger partial charge in [0, 0.05) is 111 Å². The Morgan fingerprint density at radius 2 is 1.73 bits per heavy atom. The molecule has 2 aliphatic heterocycles. The summed E-state index contributed by atoms with van der Waals surface area (Å²) in [5.41, 5.74) is 7.95. The van der Waals surface area contributed by atoms with Gasteiger partial charge in [0.2, 0.25) is 5.91 Å². The lowest BCUT2D eigenvalue weighted by molar-refractivity contribution is -0.130. The van der Waals surface area contributed by atoms with Crippen LogP contribution >= 0.6 is 23.2 Å². The number of ether oxygens (including phenoxy) is 2. The molecule has 1 amide bonds. The third-order valence-electron chi connectivity index (χ3n) is 10.7. The highest BCUT2D eigenvalue weighted by atomic mass is 35.5. The van der Waals surface area contributed by atoms with E-state index in [1.165, 1.54) is 5.56 Å². The fourth-order valence-corrected chi connectivity index (χ4v) is 8.26. The molecule has 0 bridgehead atoms. The first-order chi connectivity index (χ1) is 25.2. The summed E-state index contributed by atoms with van der Waals surface area (Å²) in [6.45, 7) is 6.39. The summed E-state index contributed by atoms with van der Waals surface area (Å²) in [4.78, 5) is 25.9. The van der Waals surface area contributed by atoms with Crippen LogP contribution in [0.1, 0.15) is 43.7 Å². The number of aromatic nitrogens is 3. The maximum atomic E-state index is 11.8. The van der Waals surface area contributed by atoms with Gasteiger partial charge in [-0.05, 0) is 62.6 Å². The number of hydrogen-bond donors (Lipinski definition) is 1. The number of amides is 1. The van der Waals surface area contributed by atoms with Gasteiger partial charge in [-0.25, -0.2) is 4.98 Å². The lowest BCUT2D eigenvalue weighted by Crippen LogP contribution is -2.44. The smallest absolute Gasteiger partial charge is 0.219 e. The second kappa shape index (κ2) is 15.9. The number of methoxy groups -OCH3 is 1. The van der Waals surface area contributed by atoms with Crippen molar-refractivity contribution < 1.29 is 14.3 Å². The average molecular weight is 742 g/mol. The van der Waals surface area contributed by atoms with Crippen molar-refractivity contribution in [1.29, 1.82) is 0 Å². The second-order valence-corrected chi connectivity index (χ2v) is 14.7. The first-order valence-corrected chi connectivity index (χ1v) is 18.8. The van der Waals surface area contributed by atoms with Crippen molar-refractivity contribution in [3.63, 3.8) is 0 Å². The van der Waals surface area contributed by atoms with Crippen LogP contribution in [0.4, 0.5) is 0 Å². The largest absolute Gasteiger partial charge is 0.496 e. The van der Waals surface area contributed by atoms with E-state index >= 15 is 0 Å². The number of hydrogen-bond acceptors (Lipinski definition) is 7. The summed E-state index contributed by atoms with van der Waals surface area (Å²) < 4.78 is 13.4. The highest BCUT2D eigenvalue weighted by molar-refractivity contribution is 6.39. The summed E-state index contributed by atoms with van der Waals surface area (Å²) in [6.07, 6.45) is 7.93. The zero-order valence-electron chi connectivity index (χ0n) is 30.3. The number of carbonyl (C=O) groups is 1. The second-order valence-electron chi connectivity index (χ2n) is 14.0. The van der Waals surface area contributed by atoms with Gasteiger partial charge in [-0.3, -0.25) is 14.7 Å². The molecule has 0 radical (unpaired) electrons. The molecule has 2 saturated heterocycles. The molecule has 0 aliphatic carbocycles. The summed E-state index contributed by atoms with van der Waals surface area (Å²) in [5.74, 6) is 0.945. The van der Waals surface area contributed by atoms with Crippen LogP contribution in [0.3, 0.4) is 0 Å². The molecule has 1 N–H and O–H groups in total. The molecular weight excluding hydrogens is 695 g/mol. The van der Waals surface area contributed by atoms with Crippen LogP contribution in [0.2, 0.25) is 10.0 Å². The first kappa shape index (κ1) is 36.4. The number of likely N-dealkylation sites (tertiary alicyclic amines) is 1. The van der Waals surface area contributed by atoms with Gasteiger partial charge in [0.05, 0.1) is 28.5 Å². The van der Waals surface area contributed by atoms with Crippen molar-refractivity contribution in [1.82, 2.24) is 29.7 Å². The Morgan fingerprint density at radius 3 is 2.48 bits per heavy atom. The quantitative estimate of drug-likeness (QED) is 0.155. The maximum absolute atomic E-state index is 11.8. The molecule has 3 aromatic heterocycles. The Hall–Kier alpha value is -3.99. The first-order valence-electron chi connectivity index (χ1n) is 18.0. The number of nitrogens with one attached hydrogen (secondary N) is 1. The van der Waals surface area contributed by atoms with Gasteiger partial charge in [-0.1, -0.05) is 53.5 Å². The maximum Gasteiger partial charge on any atom is 0.219 e. The van der Waals surface area contributed by atoms with Crippen molar-refractivity contribution in [2.24, 2.45) is 7.05 Å². The summed E-state index contributed by atoms with van der Waals surface area (Å²) in [6, 6.07) is 19.1. The lowest BCUT2D eigenvalue weighted by Gasteiger charge is -2.36. The van der Waals surface area contributed by atoms with E-state index < -0.39 is 0 Å². The molecule has 9 nitrogen and oxygen atoms in total. The molecule has 0 unspecified atom stereocenters. The van der Waals surface area contributed by atoms with E-state index in [0.717, 1.165) is 109 Å². The molecule has 5 heterocycles. The van der Waals surface area contributed by atoms with Gasteiger partial charge in [0.25, 0.3) is 0 Å². The van der Waals surface area contributed by atoms with Gasteiger partial charge in [0.15, 0.2) is 0 Å². The summed E-state index contributed by atoms with van der Waals surface area (Å²) in [5, 5.41) is 5.85. The predicted octanol–water partition coefficient (Wildman–Crippen LogP) is 8.00. The number of benzene rings is 2. The monoisotopic (exact) mass is 740 g/mol. The molecule has 11 heteroatoms. The van der Waals surface area contributed by atoms with Gasteiger partial charge in [-0.15, -0.1) is 0 Å². The standard InChI is InChI=1S/C41H46Cl2N6O3/c1-26(50)49-18-13-31(14-19-49)47(2)24-29-25-48(3)41-32(29)10-11-36(46-41)35-7-5-6-33(38(35)42)34-12-17-44-40(39(34)43)27-8-9-28(37(22-27)51-4)23-45-30-15-20-52-21-16-30/h5-12,17,22,25,30-31,45H,13-16,18-21,23-24H2,1-4H3. The van der Waals surface area contributed by atoms with Crippen molar-refractivity contribution in [2.45, 2.75) is 57.8 Å². The Labute approximate surface area is 315 Å². The zero-order valence-corrected chi connectivity index (χ0v) is 31.8. The van der Waals surface area contributed by atoms with Crippen LogP contribution in [-0.2, 0) is 29.7 Å². The van der Waals surface area contributed by atoms with Crippen molar-refractivity contribution in [3.05, 3.63) is 88.2 Å². The molecule has 7 rings (SSSR count). The molecule has 272 valence electrons. The Kier molecular flexibility index (Phi) is 11.2. The van der Waals surface area contributed by atoms with Crippen molar-refractivity contribution in [3.8, 4) is 39.4 Å². The molecule has 52 heavy (non-hydrogen) atoms. The fraction of sp³-hybridized carbons (Fsp3) is 0.390. The minimum Gasteiger partial charge on any atom is -0.496 e. The molecule has 2 aromatic carbocycles. The van der Waals surface area contributed by atoms with E-state index in [0.29, 0.717) is 34.4 Å². The van der Waals surface area contributed by atoms with E-state index in [4.69, 9.17) is 37.7 Å². The van der Waals surface area contributed by atoms with Crippen LogP contribution in [0.15, 0.2) is 67.0 Å². The van der Waals surface area contributed by atoms with Gasteiger partial charge in [-0.2, -0.15) is 0 Å². The van der Waals surface area contributed by atoms with Gasteiger partial charge >= 0.3 is 0 Å². The number of pyridine rings is 2. The average Bonchev–Trinajstić information content (AvgIpc) is 3.48. The highest BCUT2D eigenvalue weighted by Gasteiger charge is 2.25. The van der Waals surface area contributed by atoms with E-state index in [2.05, 4.69) is 45.1 Å². The minimum atomic E-state index is 0.160. The molecular formula is C41H46Cl2N6O3. The molecule has 0 saturated carbocycles. The van der Waals surface area contributed by atoms with E-state index in [1.807, 2.05) is 54.4 Å². The van der Waals surface area contributed by atoms with Crippen LogP contribution in [0.25, 0.3) is 44.7 Å². The highest BCUT2D eigenvalue weighted by Crippen LogP contribution is 2.42. The van der Waals surface area contributed by atoms with Gasteiger partial charge < -0.3 is 24.3 Å². The number of carbonyl (C=O) groups excluding carboxylic acids is 1. The van der Waals surface area contributed by atoms with Crippen LogP contribution in [-0.4, -0.2) is 82.8 Å². The molecule has 2 aliphatic rings. The van der Waals surface area contributed by atoms with E-state index in [9.17, 15) is 4.79 Å².